The Morgan fingerprint density at radius 2 is 2.04 bits per heavy atom. The van der Waals surface area contributed by atoms with Gasteiger partial charge in [-0.3, -0.25) is 4.79 Å². The number of carbonyl (C=O) groups excluding carboxylic acids is 1. The lowest BCUT2D eigenvalue weighted by atomic mass is 10.3. The Hall–Kier alpha value is -2.47. The summed E-state index contributed by atoms with van der Waals surface area (Å²) in [6.07, 6.45) is 5.82. The molecule has 0 bridgehead atoms. The zero-order chi connectivity index (χ0) is 16.7. The third kappa shape index (κ3) is 5.67. The molecule has 2 aromatic rings. The summed E-state index contributed by atoms with van der Waals surface area (Å²) < 4.78 is 14.6. The standard InChI is InChI=1S/C17H21FN4O/c1-21(2)12-3-4-17(23)19-11-9-15-10-13-22(20-15)16-7-5-14(18)6-8-16/h3-8,10,13H,9,11-12H2,1-2H3,(H,19,23)/b4-3+. The van der Waals surface area contributed by atoms with Gasteiger partial charge in [0.25, 0.3) is 0 Å². The highest BCUT2D eigenvalue weighted by molar-refractivity contribution is 5.87. The van der Waals surface area contributed by atoms with E-state index in [4.69, 9.17) is 0 Å². The summed E-state index contributed by atoms with van der Waals surface area (Å²) in [5.74, 6) is -0.379. The van der Waals surface area contributed by atoms with Gasteiger partial charge in [0.2, 0.25) is 5.91 Å². The molecule has 6 heteroatoms. The van der Waals surface area contributed by atoms with E-state index >= 15 is 0 Å². The third-order valence-corrected chi connectivity index (χ3v) is 3.16. The van der Waals surface area contributed by atoms with Crippen LogP contribution in [0.2, 0.25) is 0 Å². The average molecular weight is 316 g/mol. The molecule has 2 rings (SSSR count). The maximum atomic E-state index is 12.9. The fraction of sp³-hybridized carbons (Fsp3) is 0.294. The lowest BCUT2D eigenvalue weighted by Gasteiger charge is -2.04. The normalized spacial score (nSPS) is 11.3. The van der Waals surface area contributed by atoms with Crippen molar-refractivity contribution in [3.05, 3.63) is 60.2 Å². The van der Waals surface area contributed by atoms with Crippen molar-refractivity contribution >= 4 is 5.91 Å². The van der Waals surface area contributed by atoms with Crippen LogP contribution in [0, 0.1) is 5.82 Å². The first kappa shape index (κ1) is 16.9. The van der Waals surface area contributed by atoms with Gasteiger partial charge in [-0.15, -0.1) is 0 Å². The quantitative estimate of drug-likeness (QED) is 0.792. The number of rotatable bonds is 7. The number of nitrogens with one attached hydrogen (secondary N) is 1. The summed E-state index contributed by atoms with van der Waals surface area (Å²) in [6, 6.07) is 8.03. The zero-order valence-corrected chi connectivity index (χ0v) is 13.4. The molecule has 0 aliphatic heterocycles. The van der Waals surface area contributed by atoms with Gasteiger partial charge >= 0.3 is 0 Å². The number of likely N-dealkylation sites (N-methyl/N-ethyl adjacent to an activating group) is 1. The first-order valence-corrected chi connectivity index (χ1v) is 7.44. The largest absolute Gasteiger partial charge is 0.352 e. The van der Waals surface area contributed by atoms with Gasteiger partial charge < -0.3 is 10.2 Å². The van der Waals surface area contributed by atoms with Crippen molar-refractivity contribution in [3.63, 3.8) is 0 Å². The van der Waals surface area contributed by atoms with Crippen LogP contribution in [-0.4, -0.2) is 47.8 Å². The highest BCUT2D eigenvalue weighted by Gasteiger charge is 2.02. The van der Waals surface area contributed by atoms with E-state index in [0.717, 1.165) is 17.9 Å². The monoisotopic (exact) mass is 316 g/mol. The first-order chi connectivity index (χ1) is 11.0. The predicted octanol–water partition coefficient (Wildman–Crippen LogP) is 1.79. The molecule has 5 nitrogen and oxygen atoms in total. The summed E-state index contributed by atoms with van der Waals surface area (Å²) in [5, 5.41) is 7.23. The van der Waals surface area contributed by atoms with E-state index in [1.165, 1.54) is 18.2 Å². The highest BCUT2D eigenvalue weighted by atomic mass is 19.1. The number of amides is 1. The van der Waals surface area contributed by atoms with Gasteiger partial charge in [0, 0.05) is 31.8 Å². The number of benzene rings is 1. The van der Waals surface area contributed by atoms with Crippen molar-refractivity contribution in [2.75, 3.05) is 27.2 Å². The van der Waals surface area contributed by atoms with Crippen LogP contribution in [0.4, 0.5) is 4.39 Å². The minimum Gasteiger partial charge on any atom is -0.352 e. The molecule has 0 unspecified atom stereocenters. The fourth-order valence-electron chi connectivity index (χ4n) is 1.98. The van der Waals surface area contributed by atoms with Crippen LogP contribution in [0.1, 0.15) is 5.69 Å². The fourth-order valence-corrected chi connectivity index (χ4v) is 1.98. The Morgan fingerprint density at radius 3 is 2.74 bits per heavy atom. The Bertz CT molecular complexity index is 661. The van der Waals surface area contributed by atoms with Crippen LogP contribution in [0.5, 0.6) is 0 Å². The number of hydrogen-bond acceptors (Lipinski definition) is 3. The van der Waals surface area contributed by atoms with Gasteiger partial charge in [0.15, 0.2) is 0 Å². The molecule has 122 valence electrons. The molecular formula is C17H21FN4O. The van der Waals surface area contributed by atoms with E-state index in [1.807, 2.05) is 37.3 Å². The Kier molecular flexibility index (Phi) is 6.05. The minimum atomic E-state index is -0.272. The van der Waals surface area contributed by atoms with E-state index in [-0.39, 0.29) is 11.7 Å². The summed E-state index contributed by atoms with van der Waals surface area (Å²) in [5.41, 5.74) is 1.67. The molecule has 1 aromatic carbocycles. The molecule has 0 spiro atoms. The van der Waals surface area contributed by atoms with Crippen molar-refractivity contribution in [3.8, 4) is 5.69 Å². The van der Waals surface area contributed by atoms with Crippen molar-refractivity contribution < 1.29 is 9.18 Å². The number of aromatic nitrogens is 2. The molecule has 0 saturated carbocycles. The number of hydrogen-bond donors (Lipinski definition) is 1. The second-order valence-corrected chi connectivity index (χ2v) is 5.43. The molecular weight excluding hydrogens is 295 g/mol. The van der Waals surface area contributed by atoms with E-state index in [2.05, 4.69) is 10.4 Å². The smallest absolute Gasteiger partial charge is 0.243 e. The van der Waals surface area contributed by atoms with E-state index < -0.39 is 0 Å². The van der Waals surface area contributed by atoms with Gasteiger partial charge in [0.1, 0.15) is 5.82 Å². The van der Waals surface area contributed by atoms with Crippen LogP contribution in [0.15, 0.2) is 48.7 Å². The van der Waals surface area contributed by atoms with Crippen molar-refractivity contribution in [2.45, 2.75) is 6.42 Å². The molecule has 0 radical (unpaired) electrons. The molecule has 1 aromatic heterocycles. The summed E-state index contributed by atoms with van der Waals surface area (Å²) in [6.45, 7) is 1.25. The van der Waals surface area contributed by atoms with Gasteiger partial charge in [0.05, 0.1) is 11.4 Å². The van der Waals surface area contributed by atoms with Crippen LogP contribution in [-0.2, 0) is 11.2 Å². The van der Waals surface area contributed by atoms with Crippen molar-refractivity contribution in [2.24, 2.45) is 0 Å². The molecule has 1 heterocycles. The molecule has 1 amide bonds. The average Bonchev–Trinajstić information content (AvgIpc) is 2.96. The molecule has 0 aliphatic carbocycles. The molecule has 0 fully saturated rings. The summed E-state index contributed by atoms with van der Waals surface area (Å²) in [7, 11) is 3.89. The van der Waals surface area contributed by atoms with Gasteiger partial charge in [-0.25, -0.2) is 9.07 Å². The number of carbonyl (C=O) groups is 1. The van der Waals surface area contributed by atoms with Crippen molar-refractivity contribution in [1.82, 2.24) is 20.0 Å². The lowest BCUT2D eigenvalue weighted by Crippen LogP contribution is -2.24. The van der Waals surface area contributed by atoms with Crippen LogP contribution >= 0.6 is 0 Å². The van der Waals surface area contributed by atoms with Gasteiger partial charge in [-0.2, -0.15) is 5.10 Å². The second kappa shape index (κ2) is 8.24. The third-order valence-electron chi connectivity index (χ3n) is 3.16. The van der Waals surface area contributed by atoms with Crippen molar-refractivity contribution in [1.29, 1.82) is 0 Å². The zero-order valence-electron chi connectivity index (χ0n) is 13.4. The SMILES string of the molecule is CN(C)C/C=C/C(=O)NCCc1ccn(-c2ccc(F)cc2)n1. The number of halogens is 1. The summed E-state index contributed by atoms with van der Waals surface area (Å²) >= 11 is 0. The highest BCUT2D eigenvalue weighted by Crippen LogP contribution is 2.09. The Morgan fingerprint density at radius 1 is 1.30 bits per heavy atom. The molecule has 23 heavy (non-hydrogen) atoms. The van der Waals surface area contributed by atoms with Crippen LogP contribution in [0.25, 0.3) is 5.69 Å². The molecule has 1 N–H and O–H groups in total. The minimum absolute atomic E-state index is 0.107. The van der Waals surface area contributed by atoms with Crippen LogP contribution in [0.3, 0.4) is 0 Å². The van der Waals surface area contributed by atoms with Gasteiger partial charge in [-0.1, -0.05) is 6.08 Å². The van der Waals surface area contributed by atoms with E-state index in [0.29, 0.717) is 13.0 Å². The topological polar surface area (TPSA) is 50.2 Å². The lowest BCUT2D eigenvalue weighted by molar-refractivity contribution is -0.116. The summed E-state index contributed by atoms with van der Waals surface area (Å²) in [4.78, 5) is 13.6. The maximum Gasteiger partial charge on any atom is 0.243 e. The molecule has 0 atom stereocenters. The Balaban J connectivity index is 1.80. The van der Waals surface area contributed by atoms with Crippen LogP contribution < -0.4 is 5.32 Å². The predicted molar refractivity (Wildman–Crippen MR) is 87.9 cm³/mol. The maximum absolute atomic E-state index is 12.9. The number of nitrogens with zero attached hydrogens (tertiary/aromatic N) is 3. The second-order valence-electron chi connectivity index (χ2n) is 5.43. The van der Waals surface area contributed by atoms with Gasteiger partial charge in [-0.05, 0) is 44.4 Å². The Labute approximate surface area is 135 Å². The molecule has 0 saturated heterocycles. The molecule has 0 aliphatic rings. The van der Waals surface area contributed by atoms with E-state index in [1.54, 1.807) is 16.8 Å². The van der Waals surface area contributed by atoms with E-state index in [9.17, 15) is 9.18 Å². The first-order valence-electron chi connectivity index (χ1n) is 7.44.